The van der Waals surface area contributed by atoms with Crippen LogP contribution in [0.15, 0.2) is 34.6 Å². The highest BCUT2D eigenvalue weighted by Gasteiger charge is 2.13. The number of benzene rings is 1. The molecule has 0 saturated heterocycles. The topological polar surface area (TPSA) is 78.1 Å². The van der Waals surface area contributed by atoms with Crippen LogP contribution < -0.4 is 25.3 Å². The van der Waals surface area contributed by atoms with E-state index >= 15 is 0 Å². The third kappa shape index (κ3) is 5.56. The van der Waals surface area contributed by atoms with E-state index in [9.17, 15) is 0 Å². The van der Waals surface area contributed by atoms with E-state index in [1.54, 1.807) is 32.7 Å². The molecule has 0 aliphatic rings. The minimum Gasteiger partial charge on any atom is -0.496 e. The van der Waals surface area contributed by atoms with Gasteiger partial charge in [0.2, 0.25) is 0 Å². The zero-order chi connectivity index (χ0) is 18.1. The summed E-state index contributed by atoms with van der Waals surface area (Å²) in [5.74, 6) is 2.60. The van der Waals surface area contributed by atoms with Crippen molar-refractivity contribution < 1.29 is 14.2 Å². The molecule has 0 atom stereocenters. The Balaban J connectivity index is 1.89. The number of guanidine groups is 1. The van der Waals surface area contributed by atoms with Gasteiger partial charge in [0.05, 0.1) is 21.3 Å². The smallest absolute Gasteiger partial charge is 0.188 e. The van der Waals surface area contributed by atoms with Crippen molar-refractivity contribution in [1.82, 2.24) is 5.32 Å². The van der Waals surface area contributed by atoms with E-state index in [1.807, 2.05) is 18.2 Å². The van der Waals surface area contributed by atoms with Crippen molar-refractivity contribution in [2.24, 2.45) is 10.7 Å². The Morgan fingerprint density at radius 2 is 1.84 bits per heavy atom. The molecule has 0 bridgehead atoms. The van der Waals surface area contributed by atoms with Crippen molar-refractivity contribution >= 4 is 17.3 Å². The van der Waals surface area contributed by atoms with Crippen LogP contribution in [0, 0.1) is 0 Å². The van der Waals surface area contributed by atoms with Crippen LogP contribution in [0.5, 0.6) is 17.2 Å². The molecule has 1 aromatic heterocycles. The fourth-order valence-corrected chi connectivity index (χ4v) is 3.14. The summed E-state index contributed by atoms with van der Waals surface area (Å²) < 4.78 is 16.1. The molecule has 7 heteroatoms. The molecule has 2 aromatic rings. The molecule has 2 rings (SSSR count). The lowest BCUT2D eigenvalue weighted by Crippen LogP contribution is -2.33. The summed E-state index contributed by atoms with van der Waals surface area (Å²) >= 11 is 1.73. The van der Waals surface area contributed by atoms with Crippen molar-refractivity contribution in [2.75, 3.05) is 34.4 Å². The first kappa shape index (κ1) is 18.9. The Hall–Kier alpha value is -2.41. The SMILES string of the molecule is COc1cc(OC)c(CCNC(N)=NCCc2cccs2)c(OC)c1. The van der Waals surface area contributed by atoms with E-state index in [-0.39, 0.29) is 0 Å². The third-order valence-corrected chi connectivity index (χ3v) is 4.65. The van der Waals surface area contributed by atoms with Gasteiger partial charge in [0, 0.05) is 42.1 Å². The first-order chi connectivity index (χ1) is 12.2. The summed E-state index contributed by atoms with van der Waals surface area (Å²) in [6.07, 6.45) is 1.59. The van der Waals surface area contributed by atoms with E-state index in [1.165, 1.54) is 4.88 Å². The van der Waals surface area contributed by atoms with E-state index in [0.29, 0.717) is 31.2 Å². The van der Waals surface area contributed by atoms with Crippen LogP contribution in [0.1, 0.15) is 10.4 Å². The van der Waals surface area contributed by atoms with E-state index in [4.69, 9.17) is 19.9 Å². The van der Waals surface area contributed by atoms with Crippen LogP contribution in [0.2, 0.25) is 0 Å². The van der Waals surface area contributed by atoms with Crippen LogP contribution in [-0.4, -0.2) is 40.4 Å². The zero-order valence-corrected chi connectivity index (χ0v) is 15.7. The number of nitrogens with one attached hydrogen (secondary N) is 1. The summed E-state index contributed by atoms with van der Waals surface area (Å²) in [5.41, 5.74) is 6.89. The number of rotatable bonds is 9. The summed E-state index contributed by atoms with van der Waals surface area (Å²) in [7, 11) is 4.87. The average Bonchev–Trinajstić information content (AvgIpc) is 3.14. The number of nitrogens with two attached hydrogens (primary N) is 1. The van der Waals surface area contributed by atoms with Crippen LogP contribution in [0.3, 0.4) is 0 Å². The van der Waals surface area contributed by atoms with Crippen LogP contribution in [0.25, 0.3) is 0 Å². The first-order valence-electron chi connectivity index (χ1n) is 8.03. The number of ether oxygens (including phenoxy) is 3. The molecule has 0 radical (unpaired) electrons. The van der Waals surface area contributed by atoms with Gasteiger partial charge in [0.1, 0.15) is 17.2 Å². The average molecular weight is 363 g/mol. The molecule has 25 heavy (non-hydrogen) atoms. The Morgan fingerprint density at radius 1 is 1.12 bits per heavy atom. The zero-order valence-electron chi connectivity index (χ0n) is 14.9. The van der Waals surface area contributed by atoms with Crippen molar-refractivity contribution in [2.45, 2.75) is 12.8 Å². The standard InChI is InChI=1S/C18H25N3O3S/c1-22-13-11-16(23-2)15(17(12-13)24-3)7-9-21-18(19)20-8-6-14-5-4-10-25-14/h4-5,10-12H,6-9H2,1-3H3,(H3,19,20,21). The van der Waals surface area contributed by atoms with Gasteiger partial charge in [-0.1, -0.05) is 6.07 Å². The second-order valence-corrected chi connectivity index (χ2v) is 6.32. The van der Waals surface area contributed by atoms with Crippen molar-refractivity contribution in [1.29, 1.82) is 0 Å². The van der Waals surface area contributed by atoms with Gasteiger partial charge < -0.3 is 25.3 Å². The summed E-state index contributed by atoms with van der Waals surface area (Å²) in [6, 6.07) is 7.83. The highest BCUT2D eigenvalue weighted by Crippen LogP contribution is 2.34. The molecular weight excluding hydrogens is 338 g/mol. The highest BCUT2D eigenvalue weighted by molar-refractivity contribution is 7.09. The maximum Gasteiger partial charge on any atom is 0.188 e. The molecule has 0 unspecified atom stereocenters. The second-order valence-electron chi connectivity index (χ2n) is 5.28. The summed E-state index contributed by atoms with van der Waals surface area (Å²) in [5, 5.41) is 5.20. The molecule has 0 aliphatic heterocycles. The molecule has 136 valence electrons. The fraction of sp³-hybridized carbons (Fsp3) is 0.389. The number of hydrogen-bond acceptors (Lipinski definition) is 5. The number of nitrogens with zero attached hydrogens (tertiary/aromatic N) is 1. The molecule has 0 aliphatic carbocycles. The number of methoxy groups -OCH3 is 3. The maximum atomic E-state index is 5.92. The van der Waals surface area contributed by atoms with Crippen LogP contribution >= 0.6 is 11.3 Å². The number of aliphatic imine (C=N–C) groups is 1. The van der Waals surface area contributed by atoms with Crippen molar-refractivity contribution in [3.8, 4) is 17.2 Å². The molecule has 0 saturated carbocycles. The third-order valence-electron chi connectivity index (χ3n) is 3.72. The van der Waals surface area contributed by atoms with Crippen molar-refractivity contribution in [3.63, 3.8) is 0 Å². The highest BCUT2D eigenvalue weighted by atomic mass is 32.1. The molecule has 0 spiro atoms. The minimum absolute atomic E-state index is 0.447. The van der Waals surface area contributed by atoms with E-state index in [2.05, 4.69) is 21.8 Å². The van der Waals surface area contributed by atoms with E-state index < -0.39 is 0 Å². The minimum atomic E-state index is 0.447. The largest absolute Gasteiger partial charge is 0.496 e. The molecule has 6 nitrogen and oxygen atoms in total. The van der Waals surface area contributed by atoms with Gasteiger partial charge in [-0.25, -0.2) is 0 Å². The van der Waals surface area contributed by atoms with Gasteiger partial charge in [0.15, 0.2) is 5.96 Å². The van der Waals surface area contributed by atoms with Gasteiger partial charge in [-0.05, 0) is 17.9 Å². The number of thiophene rings is 1. The normalized spacial score (nSPS) is 11.2. The lowest BCUT2D eigenvalue weighted by Gasteiger charge is -2.15. The van der Waals surface area contributed by atoms with Gasteiger partial charge in [-0.2, -0.15) is 0 Å². The Labute approximate surface area is 152 Å². The lowest BCUT2D eigenvalue weighted by molar-refractivity contribution is 0.368. The lowest BCUT2D eigenvalue weighted by atomic mass is 10.1. The maximum absolute atomic E-state index is 5.92. The molecule has 3 N–H and O–H groups in total. The fourth-order valence-electron chi connectivity index (χ4n) is 2.44. The van der Waals surface area contributed by atoms with Gasteiger partial charge in [-0.3, -0.25) is 4.99 Å². The first-order valence-corrected chi connectivity index (χ1v) is 8.91. The molecule has 1 aromatic carbocycles. The molecule has 0 fully saturated rings. The van der Waals surface area contributed by atoms with Crippen LogP contribution in [0.4, 0.5) is 0 Å². The summed E-state index contributed by atoms with van der Waals surface area (Å²) in [4.78, 5) is 5.66. The van der Waals surface area contributed by atoms with Gasteiger partial charge >= 0.3 is 0 Å². The number of hydrogen-bond donors (Lipinski definition) is 2. The Kier molecular flexibility index (Phi) is 7.40. The summed E-state index contributed by atoms with van der Waals surface area (Å²) in [6.45, 7) is 1.31. The molecular formula is C18H25N3O3S. The predicted molar refractivity (Wildman–Crippen MR) is 102 cm³/mol. The predicted octanol–water partition coefficient (Wildman–Crippen LogP) is 2.46. The van der Waals surface area contributed by atoms with Gasteiger partial charge in [0.25, 0.3) is 0 Å². The Morgan fingerprint density at radius 3 is 2.40 bits per heavy atom. The van der Waals surface area contributed by atoms with Gasteiger partial charge in [-0.15, -0.1) is 11.3 Å². The molecule has 0 amide bonds. The monoisotopic (exact) mass is 363 g/mol. The second kappa shape index (κ2) is 9.78. The quantitative estimate of drug-likeness (QED) is 0.529. The Bertz CT molecular complexity index is 662. The van der Waals surface area contributed by atoms with Crippen LogP contribution in [-0.2, 0) is 12.8 Å². The van der Waals surface area contributed by atoms with Crippen molar-refractivity contribution in [3.05, 3.63) is 40.1 Å². The van der Waals surface area contributed by atoms with E-state index in [0.717, 1.165) is 23.5 Å². The molecule has 1 heterocycles.